The Morgan fingerprint density at radius 1 is 1.21 bits per heavy atom. The molecule has 2 fully saturated rings. The summed E-state index contributed by atoms with van der Waals surface area (Å²) in [6, 6.07) is 8.03. The highest BCUT2D eigenvalue weighted by Gasteiger charge is 2.21. The number of anilines is 1. The van der Waals surface area contributed by atoms with Gasteiger partial charge >= 0.3 is 6.03 Å². The van der Waals surface area contributed by atoms with Crippen LogP contribution in [0.1, 0.15) is 38.7 Å². The molecule has 3 rings (SSSR count). The van der Waals surface area contributed by atoms with Gasteiger partial charge in [-0.2, -0.15) is 11.8 Å². The summed E-state index contributed by atoms with van der Waals surface area (Å²) in [6.45, 7) is 9.65. The van der Waals surface area contributed by atoms with E-state index in [2.05, 4.69) is 47.2 Å². The van der Waals surface area contributed by atoms with Gasteiger partial charge in [0.2, 0.25) is 0 Å². The maximum Gasteiger partial charge on any atom is 0.321 e. The first-order chi connectivity index (χ1) is 13.7. The lowest BCUT2D eigenvalue weighted by atomic mass is 10.2. The lowest BCUT2D eigenvalue weighted by Gasteiger charge is -2.34. The molecule has 2 aliphatic heterocycles. The van der Waals surface area contributed by atoms with E-state index in [0.717, 1.165) is 68.5 Å². The zero-order valence-electron chi connectivity index (χ0n) is 17.5. The molecule has 1 aromatic carbocycles. The molecule has 29 heavy (non-hydrogen) atoms. The summed E-state index contributed by atoms with van der Waals surface area (Å²) in [4.78, 5) is 21.4. The van der Waals surface area contributed by atoms with Crippen molar-refractivity contribution < 1.29 is 4.79 Å². The highest BCUT2D eigenvalue weighted by molar-refractivity contribution is 14.0. The van der Waals surface area contributed by atoms with E-state index in [0.29, 0.717) is 11.8 Å². The number of carbonyl (C=O) groups excluding carboxylic acids is 1. The van der Waals surface area contributed by atoms with Gasteiger partial charge in [-0.05, 0) is 43.9 Å². The SMILES string of the molecule is CCNC(=NCc1cccc(NC(=O)N2CCCC2)c1)N1CCSC(CC)C1.I. The lowest BCUT2D eigenvalue weighted by molar-refractivity contribution is 0.222. The number of nitrogens with zero attached hydrogens (tertiary/aromatic N) is 3. The van der Waals surface area contributed by atoms with Gasteiger partial charge in [0.25, 0.3) is 0 Å². The minimum Gasteiger partial charge on any atom is -0.357 e. The Bertz CT molecular complexity index is 681. The van der Waals surface area contributed by atoms with Crippen LogP contribution in [0.3, 0.4) is 0 Å². The lowest BCUT2D eigenvalue weighted by Crippen LogP contribution is -2.48. The minimum atomic E-state index is 0. The molecular weight excluding hydrogens is 497 g/mol. The number of thioether (sulfide) groups is 1. The number of aliphatic imine (C=N–C) groups is 1. The number of hydrogen-bond donors (Lipinski definition) is 2. The van der Waals surface area contributed by atoms with E-state index >= 15 is 0 Å². The van der Waals surface area contributed by atoms with E-state index in [1.807, 2.05) is 23.1 Å². The molecule has 2 heterocycles. The average molecular weight is 532 g/mol. The van der Waals surface area contributed by atoms with Gasteiger partial charge in [0.05, 0.1) is 6.54 Å². The first kappa shape index (κ1) is 24.1. The fourth-order valence-corrected chi connectivity index (χ4v) is 4.80. The maximum absolute atomic E-state index is 12.3. The first-order valence-electron chi connectivity index (χ1n) is 10.5. The molecule has 2 saturated heterocycles. The number of urea groups is 1. The second-order valence-electron chi connectivity index (χ2n) is 7.34. The Morgan fingerprint density at radius 2 is 2.00 bits per heavy atom. The molecule has 2 aliphatic rings. The quantitative estimate of drug-likeness (QED) is 0.340. The third kappa shape index (κ3) is 7.24. The number of benzene rings is 1. The summed E-state index contributed by atoms with van der Waals surface area (Å²) in [5, 5.41) is 7.15. The van der Waals surface area contributed by atoms with Crippen LogP contribution < -0.4 is 10.6 Å². The fourth-order valence-electron chi connectivity index (χ4n) is 3.62. The van der Waals surface area contributed by atoms with E-state index in [4.69, 9.17) is 4.99 Å². The molecule has 1 unspecified atom stereocenters. The highest BCUT2D eigenvalue weighted by Crippen LogP contribution is 2.21. The second kappa shape index (κ2) is 12.5. The Morgan fingerprint density at radius 3 is 2.72 bits per heavy atom. The Labute approximate surface area is 196 Å². The predicted octanol–water partition coefficient (Wildman–Crippen LogP) is 4.23. The molecule has 2 N–H and O–H groups in total. The molecule has 0 bridgehead atoms. The van der Waals surface area contributed by atoms with Crippen molar-refractivity contribution in [2.24, 2.45) is 4.99 Å². The summed E-state index contributed by atoms with van der Waals surface area (Å²) in [5.74, 6) is 2.15. The van der Waals surface area contributed by atoms with Crippen LogP contribution in [0.4, 0.5) is 10.5 Å². The molecule has 0 aliphatic carbocycles. The van der Waals surface area contributed by atoms with Gasteiger partial charge in [0.15, 0.2) is 5.96 Å². The third-order valence-corrected chi connectivity index (χ3v) is 6.58. The normalized spacial score (nSPS) is 19.7. The van der Waals surface area contributed by atoms with Crippen LogP contribution in [0.25, 0.3) is 0 Å². The molecule has 6 nitrogen and oxygen atoms in total. The van der Waals surface area contributed by atoms with E-state index in [1.54, 1.807) is 0 Å². The van der Waals surface area contributed by atoms with Gasteiger partial charge in [0.1, 0.15) is 0 Å². The first-order valence-corrected chi connectivity index (χ1v) is 11.5. The van der Waals surface area contributed by atoms with Gasteiger partial charge in [-0.1, -0.05) is 19.1 Å². The topological polar surface area (TPSA) is 60.0 Å². The van der Waals surface area contributed by atoms with Crippen LogP contribution in [0.2, 0.25) is 0 Å². The number of rotatable bonds is 5. The molecule has 8 heteroatoms. The van der Waals surface area contributed by atoms with Crippen molar-refractivity contribution in [3.63, 3.8) is 0 Å². The van der Waals surface area contributed by atoms with Crippen molar-refractivity contribution in [1.82, 2.24) is 15.1 Å². The van der Waals surface area contributed by atoms with Crippen LogP contribution in [-0.4, -0.2) is 65.5 Å². The predicted molar refractivity (Wildman–Crippen MR) is 135 cm³/mol. The van der Waals surface area contributed by atoms with Crippen molar-refractivity contribution in [3.8, 4) is 0 Å². The number of halogens is 1. The van der Waals surface area contributed by atoms with Crippen molar-refractivity contribution in [1.29, 1.82) is 0 Å². The second-order valence-corrected chi connectivity index (χ2v) is 8.75. The molecule has 0 spiro atoms. The number of amides is 2. The molecule has 0 aromatic heterocycles. The van der Waals surface area contributed by atoms with Gasteiger partial charge in [-0.15, -0.1) is 24.0 Å². The van der Waals surface area contributed by atoms with Crippen molar-refractivity contribution >= 4 is 53.4 Å². The fraction of sp³-hybridized carbons (Fsp3) is 0.619. The zero-order valence-corrected chi connectivity index (χ0v) is 20.7. The monoisotopic (exact) mass is 531 g/mol. The third-order valence-electron chi connectivity index (χ3n) is 5.21. The number of likely N-dealkylation sites (tertiary alicyclic amines) is 1. The summed E-state index contributed by atoms with van der Waals surface area (Å²) < 4.78 is 0. The molecule has 0 radical (unpaired) electrons. The molecule has 2 amide bonds. The van der Waals surface area contributed by atoms with Crippen LogP contribution >= 0.6 is 35.7 Å². The van der Waals surface area contributed by atoms with Crippen LogP contribution in [0, 0.1) is 0 Å². The van der Waals surface area contributed by atoms with Gasteiger partial charge in [-0.3, -0.25) is 0 Å². The molecule has 162 valence electrons. The highest BCUT2D eigenvalue weighted by atomic mass is 127. The van der Waals surface area contributed by atoms with E-state index in [1.165, 1.54) is 6.42 Å². The Balaban J connectivity index is 0.00000300. The average Bonchev–Trinajstić information content (AvgIpc) is 3.26. The van der Waals surface area contributed by atoms with Crippen molar-refractivity contribution in [2.75, 3.05) is 43.8 Å². The van der Waals surface area contributed by atoms with Gasteiger partial charge < -0.3 is 20.4 Å². The van der Waals surface area contributed by atoms with E-state index in [9.17, 15) is 4.79 Å². The number of carbonyl (C=O) groups is 1. The maximum atomic E-state index is 12.3. The molecule has 1 aromatic rings. The van der Waals surface area contributed by atoms with E-state index in [-0.39, 0.29) is 30.0 Å². The molecular formula is C21H34IN5OS. The van der Waals surface area contributed by atoms with Crippen LogP contribution in [0.5, 0.6) is 0 Å². The largest absolute Gasteiger partial charge is 0.357 e. The summed E-state index contributed by atoms with van der Waals surface area (Å²) in [7, 11) is 0. The molecule has 0 saturated carbocycles. The number of hydrogen-bond acceptors (Lipinski definition) is 3. The van der Waals surface area contributed by atoms with Crippen molar-refractivity contribution in [2.45, 2.75) is 44.9 Å². The summed E-state index contributed by atoms with van der Waals surface area (Å²) >= 11 is 2.07. The van der Waals surface area contributed by atoms with Crippen molar-refractivity contribution in [3.05, 3.63) is 29.8 Å². The number of nitrogens with one attached hydrogen (secondary N) is 2. The Kier molecular flexibility index (Phi) is 10.4. The summed E-state index contributed by atoms with van der Waals surface area (Å²) in [5.41, 5.74) is 1.95. The standard InChI is InChI=1S/C21H33N5OS.HI/c1-3-19-16-26(12-13-28-19)20(22-4-2)23-15-17-8-7-9-18(14-17)24-21(27)25-10-5-6-11-25;/h7-9,14,19H,3-6,10-13,15-16H2,1-2H3,(H,22,23)(H,24,27);1H. The summed E-state index contributed by atoms with van der Waals surface area (Å²) in [6.07, 6.45) is 3.39. The molecule has 1 atom stereocenters. The number of guanidine groups is 1. The zero-order chi connectivity index (χ0) is 19.8. The minimum absolute atomic E-state index is 0. The Hall–Kier alpha value is -1.16. The smallest absolute Gasteiger partial charge is 0.321 e. The van der Waals surface area contributed by atoms with Gasteiger partial charge in [0, 0.05) is 49.4 Å². The van der Waals surface area contributed by atoms with Gasteiger partial charge in [-0.25, -0.2) is 9.79 Å². The van der Waals surface area contributed by atoms with Crippen LogP contribution in [0.15, 0.2) is 29.3 Å². The van der Waals surface area contributed by atoms with E-state index < -0.39 is 0 Å². The van der Waals surface area contributed by atoms with Crippen LogP contribution in [-0.2, 0) is 6.54 Å².